The van der Waals surface area contributed by atoms with Gasteiger partial charge in [0.25, 0.3) is 0 Å². The van der Waals surface area contributed by atoms with Gasteiger partial charge in [-0.25, -0.2) is 9.18 Å². The summed E-state index contributed by atoms with van der Waals surface area (Å²) in [5.74, 6) is -1.35. The molecule has 0 unspecified atom stereocenters. The van der Waals surface area contributed by atoms with E-state index in [4.69, 9.17) is 16.3 Å². The van der Waals surface area contributed by atoms with Gasteiger partial charge in [-0.1, -0.05) is 31.0 Å². The molecule has 0 heterocycles. The predicted octanol–water partition coefficient (Wildman–Crippen LogP) is 3.44. The van der Waals surface area contributed by atoms with Gasteiger partial charge in [-0.05, 0) is 18.6 Å². The molecule has 0 aromatic heterocycles. The van der Waals surface area contributed by atoms with Crippen LogP contribution in [0.5, 0.6) is 0 Å². The highest BCUT2D eigenvalue weighted by molar-refractivity contribution is 6.33. The molecule has 0 aliphatic heterocycles. The van der Waals surface area contributed by atoms with Gasteiger partial charge in [-0.3, -0.25) is 0 Å². The molecule has 0 N–H and O–H groups in total. The van der Waals surface area contributed by atoms with Crippen LogP contribution in [-0.2, 0) is 4.74 Å². The second-order valence-corrected chi connectivity index (χ2v) is 3.49. The number of hydrogen-bond donors (Lipinski definition) is 0. The summed E-state index contributed by atoms with van der Waals surface area (Å²) < 4.78 is 18.1. The van der Waals surface area contributed by atoms with Gasteiger partial charge in [-0.2, -0.15) is 0 Å². The number of esters is 1. The second kappa shape index (κ2) is 5.71. The summed E-state index contributed by atoms with van der Waals surface area (Å²) in [5.41, 5.74) is -0.185. The molecule has 0 spiro atoms. The van der Waals surface area contributed by atoms with Gasteiger partial charge in [-0.15, -0.1) is 0 Å². The average molecular weight is 231 g/mol. The van der Waals surface area contributed by atoms with Crippen molar-refractivity contribution in [3.05, 3.63) is 34.6 Å². The Morgan fingerprint density at radius 3 is 2.87 bits per heavy atom. The fourth-order valence-corrected chi connectivity index (χ4v) is 1.31. The number of benzene rings is 1. The number of carbonyl (C=O) groups excluding carboxylic acids is 1. The minimum Gasteiger partial charge on any atom is -0.462 e. The normalized spacial score (nSPS) is 10.1. The molecular formula is C11H12ClFO2. The van der Waals surface area contributed by atoms with E-state index < -0.39 is 11.8 Å². The minimum atomic E-state index is -0.702. The minimum absolute atomic E-state index is 0.0801. The number of halogens is 2. The Morgan fingerprint density at radius 2 is 2.27 bits per heavy atom. The summed E-state index contributed by atoms with van der Waals surface area (Å²) in [5, 5.41) is 0.0801. The van der Waals surface area contributed by atoms with Crippen LogP contribution >= 0.6 is 11.6 Å². The molecule has 0 saturated heterocycles. The summed E-state index contributed by atoms with van der Waals surface area (Å²) >= 11 is 5.70. The molecule has 0 amide bonds. The maximum atomic E-state index is 13.2. The SMILES string of the molecule is CCCCOC(=O)c1c(F)cccc1Cl. The fourth-order valence-electron chi connectivity index (χ4n) is 1.07. The summed E-state index contributed by atoms with van der Waals surface area (Å²) in [4.78, 5) is 11.4. The van der Waals surface area contributed by atoms with Crippen LogP contribution in [0.4, 0.5) is 4.39 Å². The molecule has 0 fully saturated rings. The predicted molar refractivity (Wildman–Crippen MR) is 56.6 cm³/mol. The lowest BCUT2D eigenvalue weighted by Crippen LogP contribution is -2.09. The lowest BCUT2D eigenvalue weighted by molar-refractivity contribution is 0.0494. The van der Waals surface area contributed by atoms with Crippen LogP contribution in [0.3, 0.4) is 0 Å². The molecule has 15 heavy (non-hydrogen) atoms. The maximum absolute atomic E-state index is 13.2. The van der Waals surface area contributed by atoms with E-state index in [0.717, 1.165) is 12.8 Å². The lowest BCUT2D eigenvalue weighted by Gasteiger charge is -2.06. The summed E-state index contributed by atoms with van der Waals surface area (Å²) in [6, 6.07) is 4.09. The van der Waals surface area contributed by atoms with Gasteiger partial charge in [0, 0.05) is 0 Å². The first-order valence-corrected chi connectivity index (χ1v) is 5.15. The fraction of sp³-hybridized carbons (Fsp3) is 0.364. The Morgan fingerprint density at radius 1 is 1.53 bits per heavy atom. The van der Waals surface area contributed by atoms with Crippen LogP contribution in [0.2, 0.25) is 5.02 Å². The maximum Gasteiger partial charge on any atom is 0.342 e. The third-order valence-electron chi connectivity index (χ3n) is 1.90. The van der Waals surface area contributed by atoms with Crippen LogP contribution in [0.15, 0.2) is 18.2 Å². The van der Waals surface area contributed by atoms with Gasteiger partial charge < -0.3 is 4.74 Å². The summed E-state index contributed by atoms with van der Waals surface area (Å²) in [7, 11) is 0. The quantitative estimate of drug-likeness (QED) is 0.585. The first kappa shape index (κ1) is 12.0. The molecule has 4 heteroatoms. The standard InChI is InChI=1S/C11H12ClFO2/c1-2-3-7-15-11(14)10-8(12)5-4-6-9(10)13/h4-6H,2-3,7H2,1H3. The third kappa shape index (κ3) is 3.20. The molecule has 0 radical (unpaired) electrons. The van der Waals surface area contributed by atoms with Crippen molar-refractivity contribution in [1.82, 2.24) is 0 Å². The van der Waals surface area contributed by atoms with Gasteiger partial charge in [0.15, 0.2) is 0 Å². The number of carbonyl (C=O) groups is 1. The highest BCUT2D eigenvalue weighted by Gasteiger charge is 2.16. The Kier molecular flexibility index (Phi) is 4.56. The largest absolute Gasteiger partial charge is 0.462 e. The van der Waals surface area contributed by atoms with Crippen molar-refractivity contribution in [1.29, 1.82) is 0 Å². The molecule has 82 valence electrons. The van der Waals surface area contributed by atoms with E-state index in [-0.39, 0.29) is 10.6 Å². The first-order chi connectivity index (χ1) is 7.16. The molecule has 0 aliphatic rings. The highest BCUT2D eigenvalue weighted by Crippen LogP contribution is 2.19. The van der Waals surface area contributed by atoms with Gasteiger partial charge in [0.2, 0.25) is 0 Å². The van der Waals surface area contributed by atoms with Crippen molar-refractivity contribution in [3.63, 3.8) is 0 Å². The average Bonchev–Trinajstić information content (AvgIpc) is 2.18. The van der Waals surface area contributed by atoms with E-state index in [1.165, 1.54) is 18.2 Å². The summed E-state index contributed by atoms with van der Waals surface area (Å²) in [6.45, 7) is 2.27. The molecule has 0 bridgehead atoms. The number of rotatable bonds is 4. The molecule has 1 aromatic carbocycles. The lowest BCUT2D eigenvalue weighted by atomic mass is 10.2. The van der Waals surface area contributed by atoms with Crippen LogP contribution in [0.1, 0.15) is 30.1 Å². The van der Waals surface area contributed by atoms with Gasteiger partial charge in [0.05, 0.1) is 11.6 Å². The zero-order valence-corrected chi connectivity index (χ0v) is 9.18. The van der Waals surface area contributed by atoms with E-state index >= 15 is 0 Å². The zero-order valence-electron chi connectivity index (χ0n) is 8.43. The van der Waals surface area contributed by atoms with Gasteiger partial charge in [0.1, 0.15) is 11.4 Å². The number of unbranched alkanes of at least 4 members (excludes halogenated alkanes) is 1. The van der Waals surface area contributed by atoms with Crippen molar-refractivity contribution in [3.8, 4) is 0 Å². The molecule has 0 atom stereocenters. The Bertz CT molecular complexity index is 332. The van der Waals surface area contributed by atoms with Crippen LogP contribution < -0.4 is 0 Å². The van der Waals surface area contributed by atoms with E-state index in [9.17, 15) is 9.18 Å². The number of hydrogen-bond acceptors (Lipinski definition) is 2. The second-order valence-electron chi connectivity index (χ2n) is 3.09. The molecule has 1 aromatic rings. The third-order valence-corrected chi connectivity index (χ3v) is 2.21. The van der Waals surface area contributed by atoms with Crippen molar-refractivity contribution < 1.29 is 13.9 Å². The van der Waals surface area contributed by atoms with E-state index in [2.05, 4.69) is 0 Å². The Balaban J connectivity index is 2.73. The van der Waals surface area contributed by atoms with Crippen LogP contribution in [0.25, 0.3) is 0 Å². The van der Waals surface area contributed by atoms with E-state index in [1.807, 2.05) is 6.92 Å². The van der Waals surface area contributed by atoms with Crippen molar-refractivity contribution >= 4 is 17.6 Å². The highest BCUT2D eigenvalue weighted by atomic mass is 35.5. The smallest absolute Gasteiger partial charge is 0.342 e. The molecular weight excluding hydrogens is 219 g/mol. The van der Waals surface area contributed by atoms with Crippen LogP contribution in [-0.4, -0.2) is 12.6 Å². The zero-order chi connectivity index (χ0) is 11.3. The topological polar surface area (TPSA) is 26.3 Å². The Labute approximate surface area is 93.0 Å². The monoisotopic (exact) mass is 230 g/mol. The number of ether oxygens (including phenoxy) is 1. The Hall–Kier alpha value is -1.09. The molecule has 2 nitrogen and oxygen atoms in total. The molecule has 0 aliphatic carbocycles. The molecule has 1 rings (SSSR count). The van der Waals surface area contributed by atoms with Gasteiger partial charge >= 0.3 is 5.97 Å². The van der Waals surface area contributed by atoms with Crippen molar-refractivity contribution in [2.24, 2.45) is 0 Å². The van der Waals surface area contributed by atoms with E-state index in [0.29, 0.717) is 6.61 Å². The molecule has 0 saturated carbocycles. The van der Waals surface area contributed by atoms with Crippen molar-refractivity contribution in [2.45, 2.75) is 19.8 Å². The summed E-state index contributed by atoms with van der Waals surface area (Å²) in [6.07, 6.45) is 1.68. The van der Waals surface area contributed by atoms with Crippen molar-refractivity contribution in [2.75, 3.05) is 6.61 Å². The first-order valence-electron chi connectivity index (χ1n) is 4.78. The van der Waals surface area contributed by atoms with Crippen LogP contribution in [0, 0.1) is 5.82 Å². The van der Waals surface area contributed by atoms with E-state index in [1.54, 1.807) is 0 Å².